The van der Waals surface area contributed by atoms with Crippen molar-refractivity contribution in [3.8, 4) is 0 Å². The maximum Gasteiger partial charge on any atom is 0.0704 e. The van der Waals surface area contributed by atoms with Gasteiger partial charge in [0, 0.05) is 29.6 Å². The number of piperidine rings is 1. The van der Waals surface area contributed by atoms with Crippen molar-refractivity contribution >= 4 is 10.9 Å². The highest BCUT2D eigenvalue weighted by Gasteiger charge is 2.31. The second-order valence-corrected chi connectivity index (χ2v) is 7.34. The largest absolute Gasteiger partial charge is 0.379 e. The van der Waals surface area contributed by atoms with Gasteiger partial charge in [0.2, 0.25) is 0 Å². The summed E-state index contributed by atoms with van der Waals surface area (Å²) in [6.45, 7) is 4.11. The zero-order valence-electron chi connectivity index (χ0n) is 14.4. The maximum atomic E-state index is 5.83. The first-order chi connectivity index (χ1) is 11.8. The van der Waals surface area contributed by atoms with Gasteiger partial charge in [0.05, 0.1) is 18.7 Å². The summed E-state index contributed by atoms with van der Waals surface area (Å²) in [5, 5.41) is 5.17. The number of nitrogens with one attached hydrogen (secondary N) is 1. The van der Waals surface area contributed by atoms with E-state index < -0.39 is 0 Å². The Labute approximate surface area is 144 Å². The molecule has 2 aromatic rings. The predicted octanol–water partition coefficient (Wildman–Crippen LogP) is 2.48. The summed E-state index contributed by atoms with van der Waals surface area (Å²) in [5.74, 6) is 0.551. The molecule has 1 N–H and O–H groups in total. The van der Waals surface area contributed by atoms with Crippen LogP contribution in [0.25, 0.3) is 10.9 Å². The Kier molecular flexibility index (Phi) is 4.79. The molecule has 2 fully saturated rings. The fourth-order valence-electron chi connectivity index (χ4n) is 4.08. The van der Waals surface area contributed by atoms with Crippen LogP contribution in [0.1, 0.15) is 18.4 Å². The fourth-order valence-corrected chi connectivity index (χ4v) is 4.08. The average molecular weight is 325 g/mol. The Hall–Kier alpha value is -1.49. The number of hydrogen-bond acceptors (Lipinski definition) is 4. The van der Waals surface area contributed by atoms with Gasteiger partial charge in [-0.2, -0.15) is 0 Å². The van der Waals surface area contributed by atoms with Crippen LogP contribution >= 0.6 is 0 Å². The first-order valence-corrected chi connectivity index (χ1v) is 9.14. The zero-order chi connectivity index (χ0) is 16.4. The van der Waals surface area contributed by atoms with Crippen molar-refractivity contribution in [1.82, 2.24) is 15.2 Å². The van der Waals surface area contributed by atoms with Gasteiger partial charge >= 0.3 is 0 Å². The Morgan fingerprint density at radius 1 is 1.17 bits per heavy atom. The number of pyridine rings is 1. The Bertz CT molecular complexity index is 676. The van der Waals surface area contributed by atoms with Gasteiger partial charge < -0.3 is 15.0 Å². The highest BCUT2D eigenvalue weighted by atomic mass is 16.5. The Morgan fingerprint density at radius 2 is 2.00 bits per heavy atom. The third kappa shape index (κ3) is 3.46. The van der Waals surface area contributed by atoms with Gasteiger partial charge in [-0.15, -0.1) is 0 Å². The molecular weight excluding hydrogens is 298 g/mol. The minimum atomic E-state index is 0.477. The highest BCUT2D eigenvalue weighted by Crippen LogP contribution is 2.25. The van der Waals surface area contributed by atoms with Crippen molar-refractivity contribution in [1.29, 1.82) is 0 Å². The third-order valence-corrected chi connectivity index (χ3v) is 5.59. The number of para-hydroxylation sites is 1. The molecule has 0 aliphatic carbocycles. The van der Waals surface area contributed by atoms with Crippen LogP contribution in [0.2, 0.25) is 0 Å². The minimum absolute atomic E-state index is 0.477. The summed E-state index contributed by atoms with van der Waals surface area (Å²) in [6, 6.07) is 11.7. The van der Waals surface area contributed by atoms with Gasteiger partial charge in [-0.3, -0.25) is 4.98 Å². The lowest BCUT2D eigenvalue weighted by Crippen LogP contribution is -2.48. The predicted molar refractivity (Wildman–Crippen MR) is 97.2 cm³/mol. The molecule has 2 aliphatic heterocycles. The molecule has 3 heterocycles. The third-order valence-electron chi connectivity index (χ3n) is 5.59. The number of benzene rings is 1. The molecule has 2 aliphatic rings. The molecular formula is C20H27N3O. The number of hydrogen-bond donors (Lipinski definition) is 1. The lowest BCUT2D eigenvalue weighted by atomic mass is 9.92. The molecule has 0 unspecified atom stereocenters. The van der Waals surface area contributed by atoms with Crippen molar-refractivity contribution in [3.05, 3.63) is 42.1 Å². The van der Waals surface area contributed by atoms with Gasteiger partial charge in [0.15, 0.2) is 0 Å². The molecule has 0 saturated carbocycles. The molecule has 4 heteroatoms. The first-order valence-electron chi connectivity index (χ1n) is 9.14. The Morgan fingerprint density at radius 3 is 2.88 bits per heavy atom. The number of rotatable bonds is 4. The fraction of sp³-hybridized carbons (Fsp3) is 0.550. The van der Waals surface area contributed by atoms with Crippen LogP contribution in [0.15, 0.2) is 36.5 Å². The van der Waals surface area contributed by atoms with E-state index in [9.17, 15) is 0 Å². The molecule has 0 bridgehead atoms. The van der Waals surface area contributed by atoms with E-state index in [1.54, 1.807) is 0 Å². The van der Waals surface area contributed by atoms with E-state index in [0.29, 0.717) is 18.0 Å². The summed E-state index contributed by atoms with van der Waals surface area (Å²) < 4.78 is 5.83. The lowest BCUT2D eigenvalue weighted by molar-refractivity contribution is 0.177. The molecule has 128 valence electrons. The lowest BCUT2D eigenvalue weighted by Gasteiger charge is -2.32. The van der Waals surface area contributed by atoms with Crippen LogP contribution in [-0.2, 0) is 11.2 Å². The van der Waals surface area contributed by atoms with E-state index >= 15 is 0 Å². The smallest absolute Gasteiger partial charge is 0.0704 e. The molecule has 4 rings (SSSR count). The maximum absolute atomic E-state index is 5.83. The van der Waals surface area contributed by atoms with Crippen LogP contribution < -0.4 is 5.32 Å². The van der Waals surface area contributed by atoms with E-state index in [1.165, 1.54) is 36.9 Å². The monoisotopic (exact) mass is 325 g/mol. The SMILES string of the molecule is CN1CCC(N[C@H]2COC[C@H]2Cc2ccnc3ccccc23)CC1. The molecule has 1 aromatic carbocycles. The van der Waals surface area contributed by atoms with Gasteiger partial charge in [0.1, 0.15) is 0 Å². The topological polar surface area (TPSA) is 37.4 Å². The second kappa shape index (κ2) is 7.18. The standard InChI is InChI=1S/C20H27N3O/c1-23-10-7-17(8-11-23)22-20-14-24-13-16(20)12-15-6-9-21-19-5-3-2-4-18(15)19/h2-6,9,16-17,20,22H,7-8,10-14H2,1H3/t16-,20+/m1/s1. The van der Waals surface area contributed by atoms with Crippen molar-refractivity contribution in [2.45, 2.75) is 31.3 Å². The summed E-state index contributed by atoms with van der Waals surface area (Å²) in [6.07, 6.45) is 5.50. The van der Waals surface area contributed by atoms with Crippen molar-refractivity contribution in [3.63, 3.8) is 0 Å². The number of fused-ring (bicyclic) bond motifs is 1. The summed E-state index contributed by atoms with van der Waals surface area (Å²) in [7, 11) is 2.21. The van der Waals surface area contributed by atoms with Gasteiger partial charge in [-0.1, -0.05) is 18.2 Å². The zero-order valence-corrected chi connectivity index (χ0v) is 14.4. The van der Waals surface area contributed by atoms with Crippen molar-refractivity contribution in [2.24, 2.45) is 5.92 Å². The number of ether oxygens (including phenoxy) is 1. The highest BCUT2D eigenvalue weighted by molar-refractivity contribution is 5.81. The first kappa shape index (κ1) is 16.0. The molecule has 2 atom stereocenters. The molecule has 2 saturated heterocycles. The number of likely N-dealkylation sites (tertiary alicyclic amines) is 1. The number of aromatic nitrogens is 1. The molecule has 24 heavy (non-hydrogen) atoms. The van der Waals surface area contributed by atoms with Crippen molar-refractivity contribution < 1.29 is 4.74 Å². The van der Waals surface area contributed by atoms with E-state index in [2.05, 4.69) is 52.6 Å². The van der Waals surface area contributed by atoms with Crippen LogP contribution in [0.4, 0.5) is 0 Å². The van der Waals surface area contributed by atoms with E-state index in [-0.39, 0.29) is 0 Å². The molecule has 1 aromatic heterocycles. The summed E-state index contributed by atoms with van der Waals surface area (Å²) in [4.78, 5) is 6.91. The number of nitrogens with zero attached hydrogens (tertiary/aromatic N) is 2. The second-order valence-electron chi connectivity index (χ2n) is 7.34. The van der Waals surface area contributed by atoms with Crippen LogP contribution in [0.3, 0.4) is 0 Å². The van der Waals surface area contributed by atoms with Crippen LogP contribution in [-0.4, -0.2) is 55.3 Å². The van der Waals surface area contributed by atoms with E-state index in [4.69, 9.17) is 4.74 Å². The van der Waals surface area contributed by atoms with Crippen molar-refractivity contribution in [2.75, 3.05) is 33.4 Å². The average Bonchev–Trinajstić information content (AvgIpc) is 3.04. The molecule has 4 nitrogen and oxygen atoms in total. The summed E-state index contributed by atoms with van der Waals surface area (Å²) in [5.41, 5.74) is 2.49. The van der Waals surface area contributed by atoms with Gasteiger partial charge in [-0.25, -0.2) is 0 Å². The molecule has 0 spiro atoms. The molecule has 0 amide bonds. The minimum Gasteiger partial charge on any atom is -0.379 e. The van der Waals surface area contributed by atoms with Gasteiger partial charge in [0.25, 0.3) is 0 Å². The molecule has 0 radical (unpaired) electrons. The quantitative estimate of drug-likeness (QED) is 0.937. The Balaban J connectivity index is 1.45. The van der Waals surface area contributed by atoms with Crippen LogP contribution in [0, 0.1) is 5.92 Å². The van der Waals surface area contributed by atoms with Crippen LogP contribution in [0.5, 0.6) is 0 Å². The van der Waals surface area contributed by atoms with Gasteiger partial charge in [-0.05, 0) is 57.1 Å². The van der Waals surface area contributed by atoms with E-state index in [1.807, 2.05) is 6.20 Å². The normalized spacial score (nSPS) is 26.2. The summed E-state index contributed by atoms with van der Waals surface area (Å²) >= 11 is 0. The van der Waals surface area contributed by atoms with E-state index in [0.717, 1.165) is 25.2 Å².